The average molecular weight is 259 g/mol. The van der Waals surface area contributed by atoms with Crippen LogP contribution in [0.3, 0.4) is 0 Å². The van der Waals surface area contributed by atoms with Gasteiger partial charge in [-0.05, 0) is 25.3 Å². The zero-order chi connectivity index (χ0) is 13.7. The van der Waals surface area contributed by atoms with Crippen LogP contribution in [-0.2, 0) is 4.74 Å². The second-order valence-corrected chi connectivity index (χ2v) is 5.37. The summed E-state index contributed by atoms with van der Waals surface area (Å²) in [7, 11) is 0. The summed E-state index contributed by atoms with van der Waals surface area (Å²) in [6.07, 6.45) is 0. The van der Waals surface area contributed by atoms with Gasteiger partial charge in [0.15, 0.2) is 0 Å². The van der Waals surface area contributed by atoms with Gasteiger partial charge in [0.05, 0.1) is 13.2 Å². The third kappa shape index (κ3) is 4.23. The topological polar surface area (TPSA) is 44.5 Å². The van der Waals surface area contributed by atoms with E-state index in [9.17, 15) is 0 Å². The molecule has 3 nitrogen and oxygen atoms in total. The standard InChI is InChI=1S/C16H21NO2/c1-16(2,17)12-18-10-11-19-15-9-5-7-13-6-3-4-8-14(13)15/h3-9H,10-12,17H2,1-2H3. The zero-order valence-corrected chi connectivity index (χ0v) is 11.6. The minimum absolute atomic E-state index is 0.292. The van der Waals surface area contributed by atoms with Crippen LogP contribution in [0.15, 0.2) is 42.5 Å². The molecule has 0 fully saturated rings. The van der Waals surface area contributed by atoms with Gasteiger partial charge in [0, 0.05) is 10.9 Å². The number of fused-ring (bicyclic) bond motifs is 1. The van der Waals surface area contributed by atoms with Crippen LogP contribution in [0.5, 0.6) is 5.75 Å². The lowest BCUT2D eigenvalue weighted by Gasteiger charge is -2.18. The molecule has 0 saturated heterocycles. The van der Waals surface area contributed by atoms with Crippen LogP contribution >= 0.6 is 0 Å². The lowest BCUT2D eigenvalue weighted by molar-refractivity contribution is 0.0728. The van der Waals surface area contributed by atoms with Crippen LogP contribution in [0.1, 0.15) is 13.8 Å². The fourth-order valence-electron chi connectivity index (χ4n) is 1.87. The van der Waals surface area contributed by atoms with Gasteiger partial charge in [-0.2, -0.15) is 0 Å². The van der Waals surface area contributed by atoms with Crippen molar-refractivity contribution in [3.63, 3.8) is 0 Å². The molecule has 3 heteroatoms. The SMILES string of the molecule is CC(C)(N)COCCOc1cccc2ccccc12. The molecule has 0 heterocycles. The van der Waals surface area contributed by atoms with Crippen molar-refractivity contribution in [3.8, 4) is 5.75 Å². The first-order chi connectivity index (χ1) is 9.06. The molecule has 0 aliphatic carbocycles. The van der Waals surface area contributed by atoms with Gasteiger partial charge in [-0.25, -0.2) is 0 Å². The Morgan fingerprint density at radius 1 is 1.00 bits per heavy atom. The monoisotopic (exact) mass is 259 g/mol. The molecule has 19 heavy (non-hydrogen) atoms. The maximum absolute atomic E-state index is 5.84. The third-order valence-electron chi connectivity index (χ3n) is 2.71. The summed E-state index contributed by atoms with van der Waals surface area (Å²) >= 11 is 0. The Kier molecular flexibility index (Phi) is 4.40. The molecular formula is C16H21NO2. The molecule has 0 unspecified atom stereocenters. The van der Waals surface area contributed by atoms with E-state index >= 15 is 0 Å². The van der Waals surface area contributed by atoms with Crippen molar-refractivity contribution < 1.29 is 9.47 Å². The smallest absolute Gasteiger partial charge is 0.127 e. The van der Waals surface area contributed by atoms with Crippen molar-refractivity contribution in [2.45, 2.75) is 19.4 Å². The van der Waals surface area contributed by atoms with Crippen LogP contribution in [-0.4, -0.2) is 25.4 Å². The third-order valence-corrected chi connectivity index (χ3v) is 2.71. The Bertz CT molecular complexity index is 526. The molecule has 2 rings (SSSR count). The fraction of sp³-hybridized carbons (Fsp3) is 0.375. The van der Waals surface area contributed by atoms with Crippen molar-refractivity contribution in [3.05, 3.63) is 42.5 Å². The number of benzene rings is 2. The summed E-state index contributed by atoms with van der Waals surface area (Å²) in [5, 5.41) is 2.31. The van der Waals surface area contributed by atoms with Gasteiger partial charge in [-0.15, -0.1) is 0 Å². The average Bonchev–Trinajstić information content (AvgIpc) is 2.37. The summed E-state index contributed by atoms with van der Waals surface area (Å²) < 4.78 is 11.3. The maximum Gasteiger partial charge on any atom is 0.127 e. The molecule has 2 N–H and O–H groups in total. The lowest BCUT2D eigenvalue weighted by atomic mass is 10.1. The number of hydrogen-bond acceptors (Lipinski definition) is 3. The highest BCUT2D eigenvalue weighted by atomic mass is 16.5. The van der Waals surface area contributed by atoms with Gasteiger partial charge >= 0.3 is 0 Å². The minimum atomic E-state index is -0.292. The maximum atomic E-state index is 5.84. The number of ether oxygens (including phenoxy) is 2. The Labute approximate surface area is 114 Å². The molecule has 2 aromatic carbocycles. The number of nitrogens with two attached hydrogens (primary N) is 1. The van der Waals surface area contributed by atoms with E-state index in [1.165, 1.54) is 5.39 Å². The van der Waals surface area contributed by atoms with Gasteiger partial charge in [-0.1, -0.05) is 36.4 Å². The van der Waals surface area contributed by atoms with E-state index in [1.807, 2.05) is 38.1 Å². The summed E-state index contributed by atoms with van der Waals surface area (Å²) in [4.78, 5) is 0. The molecule has 0 aromatic heterocycles. The Morgan fingerprint density at radius 3 is 2.53 bits per heavy atom. The Morgan fingerprint density at radius 2 is 1.74 bits per heavy atom. The van der Waals surface area contributed by atoms with Crippen molar-refractivity contribution in [2.75, 3.05) is 19.8 Å². The second kappa shape index (κ2) is 6.04. The molecule has 0 aliphatic rings. The van der Waals surface area contributed by atoms with E-state index in [1.54, 1.807) is 0 Å². The largest absolute Gasteiger partial charge is 0.491 e. The normalized spacial score (nSPS) is 11.7. The van der Waals surface area contributed by atoms with Crippen LogP contribution in [0.25, 0.3) is 10.8 Å². The highest BCUT2D eigenvalue weighted by Crippen LogP contribution is 2.24. The predicted molar refractivity (Wildman–Crippen MR) is 78.5 cm³/mol. The molecule has 0 spiro atoms. The van der Waals surface area contributed by atoms with Gasteiger partial charge in [0.2, 0.25) is 0 Å². The molecule has 102 valence electrons. The Hall–Kier alpha value is -1.58. The molecule has 0 saturated carbocycles. The molecule has 0 bridgehead atoms. The number of rotatable bonds is 6. The van der Waals surface area contributed by atoms with Crippen molar-refractivity contribution >= 4 is 10.8 Å². The van der Waals surface area contributed by atoms with E-state index in [0.717, 1.165) is 11.1 Å². The van der Waals surface area contributed by atoms with Crippen LogP contribution in [0.4, 0.5) is 0 Å². The first-order valence-electron chi connectivity index (χ1n) is 6.53. The second-order valence-electron chi connectivity index (χ2n) is 5.37. The summed E-state index contributed by atoms with van der Waals surface area (Å²) in [5.74, 6) is 0.897. The molecular weight excluding hydrogens is 238 g/mol. The first-order valence-corrected chi connectivity index (χ1v) is 6.53. The summed E-state index contributed by atoms with van der Waals surface area (Å²) in [6.45, 7) is 5.50. The highest BCUT2D eigenvalue weighted by molar-refractivity contribution is 5.88. The fourth-order valence-corrected chi connectivity index (χ4v) is 1.87. The zero-order valence-electron chi connectivity index (χ0n) is 11.6. The van der Waals surface area contributed by atoms with Crippen LogP contribution in [0.2, 0.25) is 0 Å². The predicted octanol–water partition coefficient (Wildman–Crippen LogP) is 2.97. The molecule has 0 atom stereocenters. The van der Waals surface area contributed by atoms with Crippen molar-refractivity contribution in [1.82, 2.24) is 0 Å². The van der Waals surface area contributed by atoms with E-state index in [0.29, 0.717) is 19.8 Å². The van der Waals surface area contributed by atoms with Crippen molar-refractivity contribution in [2.24, 2.45) is 5.73 Å². The van der Waals surface area contributed by atoms with Gasteiger partial charge < -0.3 is 15.2 Å². The van der Waals surface area contributed by atoms with E-state index in [2.05, 4.69) is 18.2 Å². The summed E-state index contributed by atoms with van der Waals surface area (Å²) in [5.41, 5.74) is 5.55. The molecule has 0 radical (unpaired) electrons. The van der Waals surface area contributed by atoms with Gasteiger partial charge in [-0.3, -0.25) is 0 Å². The van der Waals surface area contributed by atoms with Gasteiger partial charge in [0.25, 0.3) is 0 Å². The van der Waals surface area contributed by atoms with Gasteiger partial charge in [0.1, 0.15) is 12.4 Å². The van der Waals surface area contributed by atoms with Crippen LogP contribution in [0, 0.1) is 0 Å². The first kappa shape index (κ1) is 13.8. The van der Waals surface area contributed by atoms with Crippen LogP contribution < -0.4 is 10.5 Å². The van der Waals surface area contributed by atoms with E-state index in [4.69, 9.17) is 15.2 Å². The van der Waals surface area contributed by atoms with Crippen molar-refractivity contribution in [1.29, 1.82) is 0 Å². The molecule has 0 aliphatic heterocycles. The quantitative estimate of drug-likeness (QED) is 0.811. The number of hydrogen-bond donors (Lipinski definition) is 1. The minimum Gasteiger partial charge on any atom is -0.491 e. The molecule has 0 amide bonds. The summed E-state index contributed by atoms with van der Waals surface area (Å²) in [6, 6.07) is 14.2. The highest BCUT2D eigenvalue weighted by Gasteiger charge is 2.10. The Balaban J connectivity index is 1.88. The van der Waals surface area contributed by atoms with E-state index < -0.39 is 0 Å². The van der Waals surface area contributed by atoms with E-state index in [-0.39, 0.29) is 5.54 Å². The molecule has 2 aromatic rings. The lowest BCUT2D eigenvalue weighted by Crippen LogP contribution is -2.37.